The van der Waals surface area contributed by atoms with Gasteiger partial charge in [0.05, 0.1) is 11.3 Å². The molecule has 0 aliphatic heterocycles. The zero-order chi connectivity index (χ0) is 36.2. The van der Waals surface area contributed by atoms with Gasteiger partial charge in [-0.3, -0.25) is 4.99 Å². The van der Waals surface area contributed by atoms with Crippen molar-refractivity contribution in [3.63, 3.8) is 0 Å². The predicted molar refractivity (Wildman–Crippen MR) is 218 cm³/mol. The molecule has 0 unspecified atom stereocenters. The smallest absolute Gasteiger partial charge is 0.229 e. The van der Waals surface area contributed by atoms with Gasteiger partial charge >= 0.3 is 0 Å². The van der Waals surface area contributed by atoms with Crippen LogP contribution in [0.4, 0.5) is 5.69 Å². The van der Waals surface area contributed by atoms with E-state index in [9.17, 15) is 5.11 Å². The summed E-state index contributed by atoms with van der Waals surface area (Å²) in [6.07, 6.45) is 1.75. The third-order valence-corrected chi connectivity index (χ3v) is 9.97. The molecule has 0 atom stereocenters. The fourth-order valence-electron chi connectivity index (χ4n) is 6.86. The second-order valence-corrected chi connectivity index (χ2v) is 15.7. The molecule has 4 nitrogen and oxygen atoms in total. The topological polar surface area (TPSA) is 58.6 Å². The van der Waals surface area contributed by atoms with E-state index in [1.807, 2.05) is 30.3 Å². The van der Waals surface area contributed by atoms with Gasteiger partial charge in [-0.15, -0.1) is 0 Å². The molecule has 52 heavy (non-hydrogen) atoms. The highest BCUT2D eigenvalue weighted by molar-refractivity contribution is 6.03. The minimum absolute atomic E-state index is 0.0717. The molecule has 256 valence electrons. The number of phenolic OH excluding ortho intramolecular Hbond substituents is 1. The molecule has 4 heteroatoms. The van der Waals surface area contributed by atoms with E-state index in [4.69, 9.17) is 14.4 Å². The maximum Gasteiger partial charge on any atom is 0.229 e. The largest absolute Gasteiger partial charge is 0.507 e. The molecule has 0 amide bonds. The summed E-state index contributed by atoms with van der Waals surface area (Å²) in [5.41, 5.74) is 10.2. The lowest BCUT2D eigenvalue weighted by Gasteiger charge is -2.20. The Balaban J connectivity index is 1.29. The molecule has 0 aliphatic rings. The van der Waals surface area contributed by atoms with Gasteiger partial charge in [0.2, 0.25) is 5.89 Å². The van der Waals surface area contributed by atoms with E-state index in [0.717, 1.165) is 55.4 Å². The van der Waals surface area contributed by atoms with Crippen molar-refractivity contribution < 1.29 is 9.52 Å². The molecule has 0 spiro atoms. The van der Waals surface area contributed by atoms with Gasteiger partial charge in [-0.25, -0.2) is 4.98 Å². The number of hydrogen-bond acceptors (Lipinski definition) is 4. The lowest BCUT2D eigenvalue weighted by molar-refractivity contribution is 0.473. The van der Waals surface area contributed by atoms with Crippen molar-refractivity contribution in [1.82, 2.24) is 4.98 Å². The highest BCUT2D eigenvalue weighted by Crippen LogP contribution is 2.42. The first-order chi connectivity index (χ1) is 24.9. The van der Waals surface area contributed by atoms with Crippen LogP contribution in [0.2, 0.25) is 0 Å². The van der Waals surface area contributed by atoms with Crippen LogP contribution < -0.4 is 0 Å². The third kappa shape index (κ3) is 6.26. The summed E-state index contributed by atoms with van der Waals surface area (Å²) in [4.78, 5) is 10.3. The third-order valence-electron chi connectivity index (χ3n) is 9.97. The quantitative estimate of drug-likeness (QED) is 0.184. The van der Waals surface area contributed by atoms with Gasteiger partial charge in [0.15, 0.2) is 5.58 Å². The molecular weight excluding hydrogens is 637 g/mol. The first-order valence-corrected chi connectivity index (χ1v) is 17.9. The zero-order valence-electron chi connectivity index (χ0n) is 30.5. The molecule has 1 aromatic heterocycles. The van der Waals surface area contributed by atoms with Crippen molar-refractivity contribution in [2.24, 2.45) is 4.99 Å². The Morgan fingerprint density at radius 1 is 0.577 bits per heavy atom. The fraction of sp³-hybridized carbons (Fsp3) is 0.167. The molecule has 0 fully saturated rings. The van der Waals surface area contributed by atoms with Crippen LogP contribution in [0.5, 0.6) is 5.75 Å². The van der Waals surface area contributed by atoms with Crippen LogP contribution in [0, 0.1) is 0 Å². The maximum atomic E-state index is 10.8. The van der Waals surface area contributed by atoms with Crippen LogP contribution in [0.1, 0.15) is 58.2 Å². The number of aliphatic imine (C=N–C) groups is 1. The highest BCUT2D eigenvalue weighted by atomic mass is 16.3. The summed E-state index contributed by atoms with van der Waals surface area (Å²) < 4.78 is 6.71. The minimum Gasteiger partial charge on any atom is -0.507 e. The lowest BCUT2D eigenvalue weighted by Crippen LogP contribution is -2.11. The fourth-order valence-corrected chi connectivity index (χ4v) is 6.86. The first kappa shape index (κ1) is 33.2. The number of oxazole rings is 1. The number of hydrogen-bond donors (Lipinski definition) is 1. The van der Waals surface area contributed by atoms with Crippen LogP contribution in [0.15, 0.2) is 143 Å². The normalized spacial score (nSPS) is 12.4. The van der Waals surface area contributed by atoms with Gasteiger partial charge in [0.1, 0.15) is 11.3 Å². The number of aromatic nitrogens is 1. The lowest BCUT2D eigenvalue weighted by atomic mass is 9.84. The van der Waals surface area contributed by atoms with Crippen molar-refractivity contribution in [2.75, 3.05) is 0 Å². The maximum absolute atomic E-state index is 10.8. The molecule has 8 aromatic rings. The Bertz CT molecular complexity index is 2670. The molecule has 0 radical (unpaired) electrons. The molecule has 0 bridgehead atoms. The van der Waals surface area contributed by atoms with Gasteiger partial charge in [0.25, 0.3) is 0 Å². The highest BCUT2D eigenvalue weighted by Gasteiger charge is 2.23. The number of fused-ring (bicyclic) bond motifs is 3. The molecule has 0 aliphatic carbocycles. The molecular formula is C48H42N2O2. The van der Waals surface area contributed by atoms with Crippen molar-refractivity contribution in [3.05, 3.63) is 150 Å². The van der Waals surface area contributed by atoms with Crippen molar-refractivity contribution in [3.8, 4) is 39.5 Å². The molecule has 7 aromatic carbocycles. The number of benzene rings is 7. The van der Waals surface area contributed by atoms with E-state index in [-0.39, 0.29) is 16.6 Å². The molecule has 0 saturated carbocycles. The average Bonchev–Trinajstić information content (AvgIpc) is 3.57. The summed E-state index contributed by atoms with van der Waals surface area (Å²) in [5, 5.41) is 15.3. The van der Waals surface area contributed by atoms with Crippen LogP contribution in [0.25, 0.3) is 66.4 Å². The SMILES string of the molecule is CC(C)(C)c1ccc(O)c(C=Nc2c(-c3nc4c(-c5cccc(-c6ccc7ccccc7c6)c5)cc(C(C)(C)C)cc4o3)ccc3ccccc23)c1. The summed E-state index contributed by atoms with van der Waals surface area (Å²) >= 11 is 0. The van der Waals surface area contributed by atoms with Gasteiger partial charge in [-0.05, 0) is 97.3 Å². The Morgan fingerprint density at radius 2 is 1.27 bits per heavy atom. The zero-order valence-corrected chi connectivity index (χ0v) is 30.5. The number of phenols is 1. The van der Waals surface area contributed by atoms with Crippen molar-refractivity contribution >= 4 is 44.5 Å². The van der Waals surface area contributed by atoms with E-state index in [1.165, 1.54) is 21.9 Å². The van der Waals surface area contributed by atoms with Gasteiger partial charge in [-0.2, -0.15) is 0 Å². The van der Waals surface area contributed by atoms with E-state index in [2.05, 4.69) is 139 Å². The van der Waals surface area contributed by atoms with Crippen LogP contribution in [-0.2, 0) is 10.8 Å². The van der Waals surface area contributed by atoms with E-state index >= 15 is 0 Å². The minimum atomic E-state index is -0.117. The predicted octanol–water partition coefficient (Wildman–Crippen LogP) is 13.2. The number of aromatic hydroxyl groups is 1. The van der Waals surface area contributed by atoms with Gasteiger partial charge in [-0.1, -0.05) is 133 Å². The van der Waals surface area contributed by atoms with Crippen LogP contribution >= 0.6 is 0 Å². The second kappa shape index (κ2) is 12.6. The van der Waals surface area contributed by atoms with Crippen molar-refractivity contribution in [2.45, 2.75) is 52.4 Å². The second-order valence-electron chi connectivity index (χ2n) is 15.7. The Hall–Kier alpha value is -6.00. The summed E-state index contributed by atoms with van der Waals surface area (Å²) in [7, 11) is 0. The Kier molecular flexibility index (Phi) is 8.06. The van der Waals surface area contributed by atoms with Gasteiger partial charge < -0.3 is 9.52 Å². The van der Waals surface area contributed by atoms with E-state index in [1.54, 1.807) is 12.3 Å². The molecule has 1 N–H and O–H groups in total. The van der Waals surface area contributed by atoms with Crippen LogP contribution in [0.3, 0.4) is 0 Å². The number of nitrogens with zero attached hydrogens (tertiary/aromatic N) is 2. The molecule has 0 saturated heterocycles. The standard InChI is InChI=1S/C48H42N2O2/c1-47(2,3)37-21-23-42(51)36(26-37)29-49-44-39-17-10-9-13-31(39)20-22-40(44)46-50-45-41(27-38(48(4,5)6)28-43(45)52-46)35-16-11-15-33(25-35)34-19-18-30-12-7-8-14-32(30)24-34/h7-29,51H,1-6H3. The average molecular weight is 679 g/mol. The summed E-state index contributed by atoms with van der Waals surface area (Å²) in [6, 6.07) is 46.2. The van der Waals surface area contributed by atoms with Crippen molar-refractivity contribution in [1.29, 1.82) is 0 Å². The summed E-state index contributed by atoms with van der Waals surface area (Å²) in [6.45, 7) is 13.2. The first-order valence-electron chi connectivity index (χ1n) is 17.9. The Labute approximate surface area is 305 Å². The monoisotopic (exact) mass is 678 g/mol. The molecule has 8 rings (SSSR count). The number of rotatable bonds is 5. The van der Waals surface area contributed by atoms with Crippen LogP contribution in [-0.4, -0.2) is 16.3 Å². The van der Waals surface area contributed by atoms with E-state index in [0.29, 0.717) is 11.5 Å². The summed E-state index contributed by atoms with van der Waals surface area (Å²) in [5.74, 6) is 0.684. The Morgan fingerprint density at radius 3 is 2.06 bits per heavy atom. The van der Waals surface area contributed by atoms with Gasteiger partial charge in [0, 0.05) is 22.7 Å². The van der Waals surface area contributed by atoms with E-state index < -0.39 is 0 Å². The molecule has 1 heterocycles.